The predicted octanol–water partition coefficient (Wildman–Crippen LogP) is 2.12. The Morgan fingerprint density at radius 2 is 2.13 bits per heavy atom. The molecule has 2 aromatic heterocycles. The quantitative estimate of drug-likeness (QED) is 0.691. The van der Waals surface area contributed by atoms with E-state index in [9.17, 15) is 18.4 Å². The fourth-order valence-electron chi connectivity index (χ4n) is 3.64. The number of aromatic nitrogens is 3. The molecule has 0 saturated carbocycles. The van der Waals surface area contributed by atoms with Crippen LogP contribution in [0.25, 0.3) is 22.0 Å². The second-order valence-electron chi connectivity index (χ2n) is 7.40. The molecule has 10 heteroatoms. The van der Waals surface area contributed by atoms with Crippen LogP contribution in [-0.2, 0) is 11.8 Å². The number of alkyl halides is 2. The van der Waals surface area contributed by atoms with Gasteiger partial charge in [-0.1, -0.05) is 6.07 Å². The number of likely N-dealkylation sites (tertiary alicyclic amines) is 1. The molecule has 3 heterocycles. The van der Waals surface area contributed by atoms with Gasteiger partial charge in [0.05, 0.1) is 36.4 Å². The van der Waals surface area contributed by atoms with Crippen LogP contribution >= 0.6 is 0 Å². The molecule has 0 radical (unpaired) electrons. The molecular formula is C21H18F2N6O2. The van der Waals surface area contributed by atoms with Gasteiger partial charge in [0.25, 0.3) is 11.8 Å². The number of pyridine rings is 1. The number of amides is 2. The highest BCUT2D eigenvalue weighted by Gasteiger charge is 2.47. The van der Waals surface area contributed by atoms with E-state index in [-0.39, 0.29) is 0 Å². The second-order valence-corrected chi connectivity index (χ2v) is 7.40. The first-order valence-corrected chi connectivity index (χ1v) is 9.50. The molecule has 1 fully saturated rings. The highest BCUT2D eigenvalue weighted by atomic mass is 19.3. The lowest BCUT2D eigenvalue weighted by Gasteiger charge is -2.19. The first-order valence-electron chi connectivity index (χ1n) is 9.50. The molecule has 1 N–H and O–H groups in total. The Morgan fingerprint density at radius 1 is 1.32 bits per heavy atom. The van der Waals surface area contributed by atoms with Gasteiger partial charge in [0, 0.05) is 36.8 Å². The summed E-state index contributed by atoms with van der Waals surface area (Å²) in [7, 11) is 1.80. The maximum atomic E-state index is 13.6. The standard InChI is InChI=1S/C21H18F2N6O2/c1-28-11-14(9-27-28)13-2-3-18-17(6-13)16(4-5-25-18)20(31)26-10-19(30)29-12-21(22,23)7-15(29)8-24/h2-6,9,11,15H,7,10,12H2,1H3,(H,26,31)/t15-/m0/s1. The van der Waals surface area contributed by atoms with E-state index < -0.39 is 43.3 Å². The third kappa shape index (κ3) is 4.07. The summed E-state index contributed by atoms with van der Waals surface area (Å²) in [6.45, 7) is -1.31. The molecule has 1 atom stereocenters. The molecule has 158 valence electrons. The lowest BCUT2D eigenvalue weighted by atomic mass is 10.0. The Bertz CT molecular complexity index is 1220. The van der Waals surface area contributed by atoms with Gasteiger partial charge in [-0.3, -0.25) is 19.3 Å². The number of nitrogens with one attached hydrogen (secondary N) is 1. The number of carbonyl (C=O) groups is 2. The third-order valence-electron chi connectivity index (χ3n) is 5.16. The van der Waals surface area contributed by atoms with E-state index in [0.29, 0.717) is 16.5 Å². The van der Waals surface area contributed by atoms with E-state index in [1.807, 2.05) is 18.3 Å². The SMILES string of the molecule is Cn1cc(-c2ccc3nccc(C(=O)NCC(=O)N4CC(F)(F)C[C@H]4C#N)c3c2)cn1. The summed E-state index contributed by atoms with van der Waals surface area (Å²) in [6.07, 6.45) is 4.33. The van der Waals surface area contributed by atoms with Crippen molar-refractivity contribution in [3.63, 3.8) is 0 Å². The summed E-state index contributed by atoms with van der Waals surface area (Å²) in [5, 5.41) is 16.2. The fraction of sp³-hybridized carbons (Fsp3) is 0.286. The number of benzene rings is 1. The monoisotopic (exact) mass is 424 g/mol. The van der Waals surface area contributed by atoms with E-state index in [0.717, 1.165) is 16.0 Å². The van der Waals surface area contributed by atoms with Gasteiger partial charge in [0.1, 0.15) is 6.04 Å². The number of hydrogen-bond donors (Lipinski definition) is 1. The van der Waals surface area contributed by atoms with Gasteiger partial charge in [-0.05, 0) is 23.8 Å². The fourth-order valence-corrected chi connectivity index (χ4v) is 3.64. The van der Waals surface area contributed by atoms with Crippen LogP contribution in [0.5, 0.6) is 0 Å². The van der Waals surface area contributed by atoms with Crippen LogP contribution in [0, 0.1) is 11.3 Å². The normalized spacial score (nSPS) is 17.5. The van der Waals surface area contributed by atoms with Gasteiger partial charge in [0.2, 0.25) is 5.91 Å². The number of halogens is 2. The van der Waals surface area contributed by atoms with Crippen molar-refractivity contribution in [2.24, 2.45) is 7.05 Å². The van der Waals surface area contributed by atoms with Gasteiger partial charge >= 0.3 is 0 Å². The summed E-state index contributed by atoms with van der Waals surface area (Å²) in [4.78, 5) is 30.2. The average Bonchev–Trinajstić information content (AvgIpc) is 3.33. The van der Waals surface area contributed by atoms with Crippen molar-refractivity contribution in [1.29, 1.82) is 5.26 Å². The Hall–Kier alpha value is -3.87. The molecule has 1 aliphatic heterocycles. The molecule has 8 nitrogen and oxygen atoms in total. The van der Waals surface area contributed by atoms with E-state index in [4.69, 9.17) is 5.26 Å². The van der Waals surface area contributed by atoms with E-state index in [1.54, 1.807) is 30.1 Å². The average molecular weight is 424 g/mol. The zero-order valence-electron chi connectivity index (χ0n) is 16.5. The number of aryl methyl sites for hydroxylation is 1. The van der Waals surface area contributed by atoms with Crippen molar-refractivity contribution < 1.29 is 18.4 Å². The lowest BCUT2D eigenvalue weighted by Crippen LogP contribution is -2.43. The lowest BCUT2D eigenvalue weighted by molar-refractivity contribution is -0.131. The number of nitriles is 1. The van der Waals surface area contributed by atoms with Crippen LogP contribution in [0.4, 0.5) is 8.78 Å². The topological polar surface area (TPSA) is 104 Å². The smallest absolute Gasteiger partial charge is 0.268 e. The molecular weight excluding hydrogens is 406 g/mol. The number of hydrogen-bond acceptors (Lipinski definition) is 5. The van der Waals surface area contributed by atoms with Crippen LogP contribution in [0.15, 0.2) is 42.9 Å². The van der Waals surface area contributed by atoms with Gasteiger partial charge in [0.15, 0.2) is 0 Å². The van der Waals surface area contributed by atoms with Crippen LogP contribution in [0.2, 0.25) is 0 Å². The minimum atomic E-state index is -3.11. The zero-order valence-corrected chi connectivity index (χ0v) is 16.5. The first kappa shape index (κ1) is 20.4. The molecule has 31 heavy (non-hydrogen) atoms. The molecule has 0 aliphatic carbocycles. The Labute approximate surface area is 176 Å². The summed E-state index contributed by atoms with van der Waals surface area (Å²) < 4.78 is 28.8. The first-order chi connectivity index (χ1) is 14.8. The van der Waals surface area contributed by atoms with Gasteiger partial charge < -0.3 is 10.2 Å². The molecule has 0 bridgehead atoms. The van der Waals surface area contributed by atoms with E-state index in [2.05, 4.69) is 15.4 Å². The number of fused-ring (bicyclic) bond motifs is 1. The minimum Gasteiger partial charge on any atom is -0.343 e. The summed E-state index contributed by atoms with van der Waals surface area (Å²) in [5.74, 6) is -4.38. The molecule has 0 unspecified atom stereocenters. The summed E-state index contributed by atoms with van der Waals surface area (Å²) in [5.41, 5.74) is 2.60. The minimum absolute atomic E-state index is 0.298. The molecule has 0 spiro atoms. The molecule has 4 rings (SSSR count). The summed E-state index contributed by atoms with van der Waals surface area (Å²) >= 11 is 0. The number of rotatable bonds is 4. The van der Waals surface area contributed by atoms with Crippen molar-refractivity contribution in [3.8, 4) is 17.2 Å². The maximum Gasteiger partial charge on any atom is 0.268 e. The highest BCUT2D eigenvalue weighted by Crippen LogP contribution is 2.31. The second kappa shape index (κ2) is 7.75. The van der Waals surface area contributed by atoms with Crippen molar-refractivity contribution in [2.75, 3.05) is 13.1 Å². The predicted molar refractivity (Wildman–Crippen MR) is 107 cm³/mol. The van der Waals surface area contributed by atoms with Crippen molar-refractivity contribution >= 4 is 22.7 Å². The van der Waals surface area contributed by atoms with Crippen molar-refractivity contribution in [2.45, 2.75) is 18.4 Å². The van der Waals surface area contributed by atoms with Gasteiger partial charge in [-0.15, -0.1) is 0 Å². The molecule has 1 saturated heterocycles. The van der Waals surface area contributed by atoms with Crippen LogP contribution in [-0.4, -0.2) is 56.5 Å². The Morgan fingerprint density at radius 3 is 2.84 bits per heavy atom. The number of nitrogens with zero attached hydrogens (tertiary/aromatic N) is 5. The maximum absolute atomic E-state index is 13.6. The van der Waals surface area contributed by atoms with Crippen LogP contribution in [0.1, 0.15) is 16.8 Å². The summed E-state index contributed by atoms with van der Waals surface area (Å²) in [6, 6.07) is 7.49. The van der Waals surface area contributed by atoms with Crippen LogP contribution in [0.3, 0.4) is 0 Å². The highest BCUT2D eigenvalue weighted by molar-refractivity contribution is 6.07. The third-order valence-corrected chi connectivity index (χ3v) is 5.16. The largest absolute Gasteiger partial charge is 0.343 e. The molecule has 1 aliphatic rings. The van der Waals surface area contributed by atoms with Crippen LogP contribution < -0.4 is 5.32 Å². The molecule has 3 aromatic rings. The van der Waals surface area contributed by atoms with Gasteiger partial charge in [-0.2, -0.15) is 10.4 Å². The van der Waals surface area contributed by atoms with E-state index in [1.165, 1.54) is 12.3 Å². The van der Waals surface area contributed by atoms with Gasteiger partial charge in [-0.25, -0.2) is 8.78 Å². The van der Waals surface area contributed by atoms with Crippen molar-refractivity contribution in [1.82, 2.24) is 25.0 Å². The zero-order chi connectivity index (χ0) is 22.2. The molecule has 2 amide bonds. The Kier molecular flexibility index (Phi) is 5.10. The van der Waals surface area contributed by atoms with Crippen molar-refractivity contribution in [3.05, 3.63) is 48.4 Å². The number of carbonyl (C=O) groups excluding carboxylic acids is 2. The van der Waals surface area contributed by atoms with E-state index >= 15 is 0 Å². The Balaban J connectivity index is 1.54. The molecule has 1 aromatic carbocycles.